The number of rotatable bonds is 10. The first-order valence-electron chi connectivity index (χ1n) is 9.20. The summed E-state index contributed by atoms with van der Waals surface area (Å²) in [5.74, 6) is 1.80. The summed E-state index contributed by atoms with van der Waals surface area (Å²) in [7, 11) is -3.57. The molecule has 0 bridgehead atoms. The summed E-state index contributed by atoms with van der Waals surface area (Å²) in [6, 6.07) is 4.62. The Bertz CT molecular complexity index is 731. The van der Waals surface area contributed by atoms with Crippen molar-refractivity contribution < 1.29 is 22.7 Å². The Morgan fingerprint density at radius 1 is 1.08 bits per heavy atom. The van der Waals surface area contributed by atoms with Gasteiger partial charge in [-0.05, 0) is 43.7 Å². The SMILES string of the molecule is O=C(CCCCCNS(=O)(=O)c1ccc2c(c1)OCCO2)NCC1CC1. The van der Waals surface area contributed by atoms with Gasteiger partial charge >= 0.3 is 0 Å². The van der Waals surface area contributed by atoms with Gasteiger partial charge in [0.15, 0.2) is 11.5 Å². The first-order valence-corrected chi connectivity index (χ1v) is 10.7. The minimum Gasteiger partial charge on any atom is -0.486 e. The number of benzene rings is 1. The Morgan fingerprint density at radius 2 is 1.85 bits per heavy atom. The Kier molecular flexibility index (Phi) is 6.37. The molecule has 8 heteroatoms. The molecule has 1 heterocycles. The van der Waals surface area contributed by atoms with E-state index < -0.39 is 10.0 Å². The molecule has 1 amide bonds. The molecule has 144 valence electrons. The molecule has 1 fully saturated rings. The van der Waals surface area contributed by atoms with Crippen LogP contribution >= 0.6 is 0 Å². The number of amides is 1. The Morgan fingerprint density at radius 3 is 2.62 bits per heavy atom. The number of hydrogen-bond acceptors (Lipinski definition) is 5. The van der Waals surface area contributed by atoms with Crippen LogP contribution in [0, 0.1) is 5.92 Å². The lowest BCUT2D eigenvalue weighted by atomic mass is 10.2. The summed E-state index contributed by atoms with van der Waals surface area (Å²) in [5.41, 5.74) is 0. The van der Waals surface area contributed by atoms with Crippen molar-refractivity contribution in [3.05, 3.63) is 18.2 Å². The number of sulfonamides is 1. The van der Waals surface area contributed by atoms with Crippen LogP contribution in [-0.2, 0) is 14.8 Å². The van der Waals surface area contributed by atoms with E-state index in [0.29, 0.717) is 50.0 Å². The third kappa shape index (κ3) is 5.60. The first kappa shape index (κ1) is 19.0. The molecule has 0 saturated heterocycles. The number of hydrogen-bond donors (Lipinski definition) is 2. The molecule has 2 N–H and O–H groups in total. The molecule has 2 aliphatic rings. The monoisotopic (exact) mass is 382 g/mol. The van der Waals surface area contributed by atoms with Crippen LogP contribution in [0.4, 0.5) is 0 Å². The maximum Gasteiger partial charge on any atom is 0.240 e. The zero-order valence-electron chi connectivity index (χ0n) is 14.8. The lowest BCUT2D eigenvalue weighted by molar-refractivity contribution is -0.121. The fourth-order valence-corrected chi connectivity index (χ4v) is 3.83. The lowest BCUT2D eigenvalue weighted by Gasteiger charge is -2.18. The number of ether oxygens (including phenoxy) is 2. The van der Waals surface area contributed by atoms with Crippen LogP contribution in [0.25, 0.3) is 0 Å². The van der Waals surface area contributed by atoms with Gasteiger partial charge in [0, 0.05) is 25.6 Å². The highest BCUT2D eigenvalue weighted by Crippen LogP contribution is 2.32. The van der Waals surface area contributed by atoms with Gasteiger partial charge < -0.3 is 14.8 Å². The van der Waals surface area contributed by atoms with Crippen LogP contribution in [0.1, 0.15) is 38.5 Å². The number of carbonyl (C=O) groups is 1. The largest absolute Gasteiger partial charge is 0.486 e. The van der Waals surface area contributed by atoms with Crippen molar-refractivity contribution in [2.75, 3.05) is 26.3 Å². The fourth-order valence-electron chi connectivity index (χ4n) is 2.74. The van der Waals surface area contributed by atoms with Crippen molar-refractivity contribution in [3.63, 3.8) is 0 Å². The second-order valence-electron chi connectivity index (χ2n) is 6.76. The molecule has 1 aliphatic heterocycles. The van der Waals surface area contributed by atoms with Gasteiger partial charge in [0.2, 0.25) is 15.9 Å². The first-order chi connectivity index (χ1) is 12.5. The van der Waals surface area contributed by atoms with Crippen LogP contribution in [0.5, 0.6) is 11.5 Å². The standard InChI is InChI=1S/C18H26N2O5S/c21-18(19-13-14-5-6-14)4-2-1-3-9-20-26(22,23)15-7-8-16-17(12-15)25-11-10-24-16/h7-8,12,14,20H,1-6,9-11,13H2,(H,19,21). The van der Waals surface area contributed by atoms with Crippen LogP contribution in [-0.4, -0.2) is 40.6 Å². The highest BCUT2D eigenvalue weighted by molar-refractivity contribution is 7.89. The average Bonchev–Trinajstić information content (AvgIpc) is 3.47. The summed E-state index contributed by atoms with van der Waals surface area (Å²) in [6.45, 7) is 2.03. The van der Waals surface area contributed by atoms with Crippen molar-refractivity contribution in [2.45, 2.75) is 43.4 Å². The summed E-state index contributed by atoms with van der Waals surface area (Å²) < 4.78 is 38.1. The Labute approximate surface area is 154 Å². The molecule has 26 heavy (non-hydrogen) atoms. The third-order valence-electron chi connectivity index (χ3n) is 4.48. The molecule has 1 aromatic carbocycles. The molecule has 0 spiro atoms. The highest BCUT2D eigenvalue weighted by atomic mass is 32.2. The summed E-state index contributed by atoms with van der Waals surface area (Å²) in [5, 5.41) is 2.93. The quantitative estimate of drug-likeness (QED) is 0.602. The molecular weight excluding hydrogens is 356 g/mol. The van der Waals surface area contributed by atoms with Crippen LogP contribution in [0.15, 0.2) is 23.1 Å². The van der Waals surface area contributed by atoms with E-state index in [0.717, 1.165) is 19.4 Å². The molecule has 3 rings (SSSR count). The lowest BCUT2D eigenvalue weighted by Crippen LogP contribution is -2.26. The van der Waals surface area contributed by atoms with Gasteiger partial charge in [-0.2, -0.15) is 0 Å². The normalized spacial score (nSPS) is 16.3. The van der Waals surface area contributed by atoms with Crippen LogP contribution in [0.3, 0.4) is 0 Å². The van der Waals surface area contributed by atoms with Gasteiger partial charge in [-0.1, -0.05) is 6.42 Å². The molecule has 0 aromatic heterocycles. The zero-order valence-corrected chi connectivity index (χ0v) is 15.6. The van der Waals surface area contributed by atoms with E-state index in [4.69, 9.17) is 9.47 Å². The molecule has 0 atom stereocenters. The maximum atomic E-state index is 12.3. The van der Waals surface area contributed by atoms with Crippen LogP contribution in [0.2, 0.25) is 0 Å². The van der Waals surface area contributed by atoms with E-state index in [1.165, 1.54) is 25.0 Å². The van der Waals surface area contributed by atoms with E-state index in [-0.39, 0.29) is 10.8 Å². The minimum atomic E-state index is -3.57. The average molecular weight is 382 g/mol. The summed E-state index contributed by atoms with van der Waals surface area (Å²) in [6.07, 6.45) is 5.22. The molecule has 7 nitrogen and oxygen atoms in total. The van der Waals surface area contributed by atoms with Gasteiger partial charge in [0.1, 0.15) is 13.2 Å². The highest BCUT2D eigenvalue weighted by Gasteiger charge is 2.21. The predicted octanol–water partition coefficient (Wildman–Crippen LogP) is 1.82. The van der Waals surface area contributed by atoms with Gasteiger partial charge in [0.05, 0.1) is 4.90 Å². The van der Waals surface area contributed by atoms with E-state index in [1.54, 1.807) is 6.07 Å². The zero-order chi connectivity index (χ0) is 18.4. The molecule has 1 aromatic rings. The van der Waals surface area contributed by atoms with Crippen molar-refractivity contribution in [2.24, 2.45) is 5.92 Å². The molecule has 1 aliphatic carbocycles. The van der Waals surface area contributed by atoms with Gasteiger partial charge in [-0.15, -0.1) is 0 Å². The van der Waals surface area contributed by atoms with Gasteiger partial charge in [-0.25, -0.2) is 13.1 Å². The topological polar surface area (TPSA) is 93.7 Å². The van der Waals surface area contributed by atoms with E-state index in [1.807, 2.05) is 0 Å². The fraction of sp³-hybridized carbons (Fsp3) is 0.611. The van der Waals surface area contributed by atoms with Crippen molar-refractivity contribution in [1.82, 2.24) is 10.0 Å². The van der Waals surface area contributed by atoms with E-state index in [9.17, 15) is 13.2 Å². The van der Waals surface area contributed by atoms with Gasteiger partial charge in [-0.3, -0.25) is 4.79 Å². The van der Waals surface area contributed by atoms with Gasteiger partial charge in [0.25, 0.3) is 0 Å². The van der Waals surface area contributed by atoms with Crippen molar-refractivity contribution >= 4 is 15.9 Å². The number of nitrogens with one attached hydrogen (secondary N) is 2. The number of fused-ring (bicyclic) bond motifs is 1. The predicted molar refractivity (Wildman–Crippen MR) is 96.8 cm³/mol. The Balaban J connectivity index is 1.35. The van der Waals surface area contributed by atoms with E-state index in [2.05, 4.69) is 10.0 Å². The second-order valence-corrected chi connectivity index (χ2v) is 8.53. The molecule has 1 saturated carbocycles. The van der Waals surface area contributed by atoms with Crippen molar-refractivity contribution in [3.8, 4) is 11.5 Å². The molecule has 0 radical (unpaired) electrons. The maximum absolute atomic E-state index is 12.3. The number of unbranched alkanes of at least 4 members (excludes halogenated alkanes) is 2. The summed E-state index contributed by atoms with van der Waals surface area (Å²) >= 11 is 0. The number of carbonyl (C=O) groups excluding carboxylic acids is 1. The van der Waals surface area contributed by atoms with Crippen LogP contribution < -0.4 is 19.5 Å². The molecular formula is C18H26N2O5S. The summed E-state index contributed by atoms with van der Waals surface area (Å²) in [4.78, 5) is 11.8. The van der Waals surface area contributed by atoms with E-state index >= 15 is 0 Å². The third-order valence-corrected chi connectivity index (χ3v) is 5.94. The second kappa shape index (κ2) is 8.73. The minimum absolute atomic E-state index is 0.0914. The molecule has 0 unspecified atom stereocenters. The Hall–Kier alpha value is -1.80. The van der Waals surface area contributed by atoms with Crippen molar-refractivity contribution in [1.29, 1.82) is 0 Å². The smallest absolute Gasteiger partial charge is 0.240 e.